The molecule has 0 amide bonds. The number of esters is 1. The number of aliphatic carboxylic acids is 1. The van der Waals surface area contributed by atoms with Crippen LogP contribution in [0.4, 0.5) is 0 Å². The van der Waals surface area contributed by atoms with Crippen LogP contribution in [0.3, 0.4) is 0 Å². The zero-order chi connectivity index (χ0) is 35.6. The lowest BCUT2D eigenvalue weighted by molar-refractivity contribution is -0.154. The summed E-state index contributed by atoms with van der Waals surface area (Å²) in [4.78, 5) is 33.3. The largest absolute Gasteiger partial charge is 0.480 e. The molecule has 0 saturated carbocycles. The molecule has 278 valence electrons. The van der Waals surface area contributed by atoms with E-state index >= 15 is 0 Å². The fourth-order valence-electron chi connectivity index (χ4n) is 4.49. The molecule has 0 aromatic heterocycles. The predicted octanol–water partition coefficient (Wildman–Crippen LogP) is 9.14. The maximum absolute atomic E-state index is 12.5. The number of nitrogens with two attached hydrogens (primary N) is 1. The number of phosphoric ester groups is 1. The molecule has 0 fully saturated rings. The van der Waals surface area contributed by atoms with E-state index in [0.29, 0.717) is 13.0 Å². The fraction of sp³-hybridized carbons (Fsp3) is 0.730. The summed E-state index contributed by atoms with van der Waals surface area (Å²) in [6.45, 7) is 3.66. The van der Waals surface area contributed by atoms with Crippen LogP contribution in [0.15, 0.2) is 48.6 Å². The van der Waals surface area contributed by atoms with E-state index in [0.717, 1.165) is 64.2 Å². The summed E-state index contributed by atoms with van der Waals surface area (Å²) in [5.74, 6) is -1.82. The lowest BCUT2D eigenvalue weighted by Gasteiger charge is -2.20. The summed E-state index contributed by atoms with van der Waals surface area (Å²) in [6.07, 6.45) is 36.0. The van der Waals surface area contributed by atoms with Gasteiger partial charge in [-0.3, -0.25) is 18.6 Å². The molecule has 0 saturated heterocycles. The number of rotatable bonds is 34. The zero-order valence-corrected chi connectivity index (χ0v) is 30.7. The van der Waals surface area contributed by atoms with Gasteiger partial charge in [0.05, 0.1) is 19.8 Å². The van der Waals surface area contributed by atoms with Gasteiger partial charge in [0, 0.05) is 13.0 Å². The van der Waals surface area contributed by atoms with Gasteiger partial charge in [0.1, 0.15) is 12.1 Å². The molecule has 0 rings (SSSR count). The third kappa shape index (κ3) is 32.5. The number of carboxylic acids is 1. The van der Waals surface area contributed by atoms with Crippen molar-refractivity contribution in [2.45, 2.75) is 148 Å². The Morgan fingerprint density at radius 2 is 1.21 bits per heavy atom. The number of carbonyl (C=O) groups is 2. The van der Waals surface area contributed by atoms with E-state index in [1.807, 2.05) is 0 Å². The maximum atomic E-state index is 12.5. The molecule has 0 aromatic rings. The lowest BCUT2D eigenvalue weighted by atomic mass is 10.1. The van der Waals surface area contributed by atoms with Gasteiger partial charge >= 0.3 is 19.8 Å². The van der Waals surface area contributed by atoms with Gasteiger partial charge in [-0.1, -0.05) is 107 Å². The van der Waals surface area contributed by atoms with Crippen molar-refractivity contribution in [1.82, 2.24) is 0 Å². The van der Waals surface area contributed by atoms with E-state index in [-0.39, 0.29) is 13.0 Å². The van der Waals surface area contributed by atoms with Crippen molar-refractivity contribution in [2.75, 3.05) is 26.4 Å². The molecule has 4 N–H and O–H groups in total. The van der Waals surface area contributed by atoms with E-state index in [4.69, 9.17) is 24.8 Å². The Hall–Kier alpha value is -2.07. The van der Waals surface area contributed by atoms with Crippen LogP contribution in [0.25, 0.3) is 0 Å². The minimum absolute atomic E-state index is 0.000890. The van der Waals surface area contributed by atoms with E-state index in [1.54, 1.807) is 0 Å². The monoisotopic (exact) mass is 699 g/mol. The zero-order valence-electron chi connectivity index (χ0n) is 29.8. The highest BCUT2D eigenvalue weighted by Gasteiger charge is 2.27. The molecule has 0 radical (unpaired) electrons. The Balaban J connectivity index is 4.40. The first-order valence-corrected chi connectivity index (χ1v) is 19.7. The molecule has 0 aliphatic heterocycles. The van der Waals surface area contributed by atoms with Crippen LogP contribution in [0.1, 0.15) is 136 Å². The van der Waals surface area contributed by atoms with Crippen LogP contribution < -0.4 is 5.73 Å². The summed E-state index contributed by atoms with van der Waals surface area (Å²) < 4.78 is 33.1. The Morgan fingerprint density at radius 3 is 1.83 bits per heavy atom. The molecule has 10 nitrogen and oxygen atoms in total. The second kappa shape index (κ2) is 33.4. The summed E-state index contributed by atoms with van der Waals surface area (Å²) in [5, 5.41) is 8.85. The average molecular weight is 700 g/mol. The maximum Gasteiger partial charge on any atom is 0.472 e. The van der Waals surface area contributed by atoms with Crippen molar-refractivity contribution < 1.29 is 42.7 Å². The van der Waals surface area contributed by atoms with E-state index < -0.39 is 45.1 Å². The Labute approximate surface area is 290 Å². The quantitative estimate of drug-likeness (QED) is 0.0256. The molecule has 3 atom stereocenters. The predicted molar refractivity (Wildman–Crippen MR) is 194 cm³/mol. The van der Waals surface area contributed by atoms with Crippen molar-refractivity contribution in [3.05, 3.63) is 48.6 Å². The van der Waals surface area contributed by atoms with Gasteiger partial charge in [-0.15, -0.1) is 0 Å². The summed E-state index contributed by atoms with van der Waals surface area (Å²) in [7, 11) is -4.62. The van der Waals surface area contributed by atoms with E-state index in [1.165, 1.54) is 44.9 Å². The summed E-state index contributed by atoms with van der Waals surface area (Å²) >= 11 is 0. The number of carbonyl (C=O) groups excluding carboxylic acids is 1. The van der Waals surface area contributed by atoms with Gasteiger partial charge in [-0.2, -0.15) is 0 Å². The smallest absolute Gasteiger partial charge is 0.472 e. The number of allylic oxidation sites excluding steroid dienone is 8. The first kappa shape index (κ1) is 45.9. The van der Waals surface area contributed by atoms with Gasteiger partial charge in [0.15, 0.2) is 0 Å². The Bertz CT molecular complexity index is 951. The third-order valence-corrected chi connectivity index (χ3v) is 8.29. The van der Waals surface area contributed by atoms with Gasteiger partial charge < -0.3 is 25.2 Å². The molecule has 0 aromatic carbocycles. The van der Waals surface area contributed by atoms with Crippen LogP contribution >= 0.6 is 7.82 Å². The first-order chi connectivity index (χ1) is 23.2. The second-order valence-electron chi connectivity index (χ2n) is 12.0. The molecule has 0 spiro atoms. The third-order valence-electron chi connectivity index (χ3n) is 7.34. The number of hydrogen-bond donors (Lipinski definition) is 3. The van der Waals surface area contributed by atoms with Crippen LogP contribution in [-0.4, -0.2) is 60.5 Å². The highest BCUT2D eigenvalue weighted by Crippen LogP contribution is 2.43. The molecule has 3 unspecified atom stereocenters. The number of ether oxygens (including phenoxy) is 2. The highest BCUT2D eigenvalue weighted by molar-refractivity contribution is 7.47. The summed E-state index contributed by atoms with van der Waals surface area (Å²) in [5.41, 5.74) is 5.33. The number of hydrogen-bond acceptors (Lipinski definition) is 8. The normalized spacial score (nSPS) is 14.8. The van der Waals surface area contributed by atoms with E-state index in [9.17, 15) is 19.0 Å². The van der Waals surface area contributed by atoms with Gasteiger partial charge in [-0.05, 0) is 70.6 Å². The Morgan fingerprint density at radius 1 is 0.688 bits per heavy atom. The Kier molecular flexibility index (Phi) is 32.0. The number of phosphoric acid groups is 1. The number of unbranched alkanes of at least 4 members (excludes halogenated alkanes) is 12. The average Bonchev–Trinajstić information content (AvgIpc) is 3.06. The second-order valence-corrected chi connectivity index (χ2v) is 13.4. The van der Waals surface area contributed by atoms with Crippen molar-refractivity contribution in [2.24, 2.45) is 5.73 Å². The molecule has 0 aliphatic carbocycles. The highest BCUT2D eigenvalue weighted by atomic mass is 31.2. The fourth-order valence-corrected chi connectivity index (χ4v) is 5.27. The van der Waals surface area contributed by atoms with Crippen LogP contribution in [-0.2, 0) is 32.7 Å². The van der Waals surface area contributed by atoms with Gasteiger partial charge in [0.25, 0.3) is 0 Å². The molecule has 0 aliphatic rings. The van der Waals surface area contributed by atoms with Gasteiger partial charge in [0.2, 0.25) is 0 Å². The molecule has 0 bridgehead atoms. The van der Waals surface area contributed by atoms with E-state index in [2.05, 4.69) is 67.0 Å². The molecule has 48 heavy (non-hydrogen) atoms. The molecule has 11 heteroatoms. The topological polar surface area (TPSA) is 155 Å². The molecule has 0 heterocycles. The minimum Gasteiger partial charge on any atom is -0.480 e. The van der Waals surface area contributed by atoms with Crippen molar-refractivity contribution in [3.8, 4) is 0 Å². The lowest BCUT2D eigenvalue weighted by Crippen LogP contribution is -2.34. The SMILES string of the molecule is CC/C=C\C/C=C\C/C=C\CCCCCC(=O)OC(COCCCCCCCC/C=C\CCCCC)COP(=O)(O)OCC(N)C(=O)O. The van der Waals surface area contributed by atoms with Gasteiger partial charge in [-0.25, -0.2) is 4.57 Å². The molecular formula is C37H66NO9P. The summed E-state index contributed by atoms with van der Waals surface area (Å²) in [6, 6.07) is -1.48. The van der Waals surface area contributed by atoms with Crippen molar-refractivity contribution in [3.63, 3.8) is 0 Å². The standard InChI is InChI=1S/C37H66NO9P/c1-3-5-7-9-11-13-15-17-19-21-23-25-27-29-36(39)47-34(32-45-48(42,43)46-33-35(38)37(40)41)31-44-30-28-26-24-22-20-18-16-14-12-10-8-6-4-2/h5,7,11-14,17,19,34-35H,3-4,6,8-10,15-16,18,20-33,38H2,1-2H3,(H,40,41)(H,42,43)/b7-5-,13-11-,14-12-,19-17-. The molecular weight excluding hydrogens is 633 g/mol. The van der Waals surface area contributed by atoms with Crippen LogP contribution in [0.5, 0.6) is 0 Å². The first-order valence-electron chi connectivity index (χ1n) is 18.2. The van der Waals surface area contributed by atoms with Crippen molar-refractivity contribution >= 4 is 19.8 Å². The number of carboxylic acid groups (broad SMARTS) is 1. The van der Waals surface area contributed by atoms with Crippen LogP contribution in [0, 0.1) is 0 Å². The minimum atomic E-state index is -4.62. The van der Waals surface area contributed by atoms with Crippen molar-refractivity contribution in [1.29, 1.82) is 0 Å². The van der Waals surface area contributed by atoms with Crippen LogP contribution in [0.2, 0.25) is 0 Å².